The Bertz CT molecular complexity index is 1660. The van der Waals surface area contributed by atoms with Crippen LogP contribution in [0.3, 0.4) is 0 Å². The van der Waals surface area contributed by atoms with Crippen LogP contribution >= 0.6 is 0 Å². The van der Waals surface area contributed by atoms with Crippen LogP contribution in [0.15, 0.2) is 53.5 Å². The van der Waals surface area contributed by atoms with Crippen molar-refractivity contribution in [1.29, 1.82) is 0 Å². The third kappa shape index (κ3) is 7.61. The fourth-order valence-electron chi connectivity index (χ4n) is 5.76. The molecule has 1 saturated heterocycles. The molecule has 9 nitrogen and oxygen atoms in total. The Morgan fingerprint density at radius 1 is 1.02 bits per heavy atom. The third-order valence-corrected chi connectivity index (χ3v) is 8.76. The van der Waals surface area contributed by atoms with Crippen molar-refractivity contribution in [3.63, 3.8) is 0 Å². The smallest absolute Gasteiger partial charge is 0.416 e. The van der Waals surface area contributed by atoms with E-state index in [-0.39, 0.29) is 24.3 Å². The van der Waals surface area contributed by atoms with Crippen molar-refractivity contribution in [2.24, 2.45) is 4.99 Å². The number of amides is 1. The van der Waals surface area contributed by atoms with Gasteiger partial charge in [-0.2, -0.15) is 26.3 Å². The number of anilines is 1. The van der Waals surface area contributed by atoms with Crippen LogP contribution in [-0.4, -0.2) is 59.3 Å². The first-order valence-electron chi connectivity index (χ1n) is 15.3. The summed E-state index contributed by atoms with van der Waals surface area (Å²) in [4.78, 5) is 25.1. The van der Waals surface area contributed by atoms with Crippen molar-refractivity contribution in [2.75, 3.05) is 25.1 Å². The molecule has 0 spiro atoms. The summed E-state index contributed by atoms with van der Waals surface area (Å²) < 4.78 is 87.5. The largest absolute Gasteiger partial charge is 0.496 e. The minimum Gasteiger partial charge on any atom is -0.496 e. The summed E-state index contributed by atoms with van der Waals surface area (Å²) in [6, 6.07) is 9.50. The van der Waals surface area contributed by atoms with Crippen LogP contribution in [0.2, 0.25) is 0 Å². The van der Waals surface area contributed by atoms with Gasteiger partial charge in [0.05, 0.1) is 30.5 Å². The minimum atomic E-state index is -5.04. The van der Waals surface area contributed by atoms with Crippen LogP contribution in [0, 0.1) is 0 Å². The van der Waals surface area contributed by atoms with Gasteiger partial charge >= 0.3 is 18.4 Å². The van der Waals surface area contributed by atoms with Crippen molar-refractivity contribution in [1.82, 2.24) is 20.7 Å². The number of alkyl halides is 6. The maximum atomic E-state index is 13.6. The van der Waals surface area contributed by atoms with Gasteiger partial charge in [0, 0.05) is 42.6 Å². The fraction of sp³-hybridized carbons (Fsp3) is 0.424. The molecule has 2 aromatic carbocycles. The minimum absolute atomic E-state index is 0.0568. The Hall–Kier alpha value is -4.53. The van der Waals surface area contributed by atoms with E-state index in [0.29, 0.717) is 46.9 Å². The zero-order valence-electron chi connectivity index (χ0n) is 26.7. The molecule has 3 aromatic rings. The van der Waals surface area contributed by atoms with E-state index in [9.17, 15) is 36.2 Å². The number of ether oxygens (including phenoxy) is 1. The number of rotatable bonds is 10. The molecule has 3 N–H and O–H groups in total. The SMILES string of the molecule is COc1ccc(CC2=NC(C)NN2)cc1-c1ccc(N2CCC2)nc1CN(C(=O)O)[C@@H](C)[C@H](C)c1cc(C(F)(F)F)cc(C(F)(F)F)c1. The quantitative estimate of drug-likeness (QED) is 0.197. The molecule has 2 aliphatic rings. The number of carbonyl (C=O) groups is 1. The van der Waals surface area contributed by atoms with E-state index < -0.39 is 41.5 Å². The number of carboxylic acid groups (broad SMARTS) is 1. The number of methoxy groups -OCH3 is 1. The molecule has 2 aliphatic heterocycles. The Morgan fingerprint density at radius 3 is 2.21 bits per heavy atom. The van der Waals surface area contributed by atoms with Crippen molar-refractivity contribution < 1.29 is 41.0 Å². The average Bonchev–Trinajstić information content (AvgIpc) is 3.41. The number of amidine groups is 1. The normalized spacial score (nSPS) is 17.7. The van der Waals surface area contributed by atoms with Crippen LogP contribution in [0.4, 0.5) is 37.0 Å². The molecule has 0 radical (unpaired) electrons. The average molecular weight is 679 g/mol. The van der Waals surface area contributed by atoms with Gasteiger partial charge in [-0.05, 0) is 73.9 Å². The molecule has 3 heterocycles. The molecule has 1 amide bonds. The first-order valence-corrected chi connectivity index (χ1v) is 15.3. The lowest BCUT2D eigenvalue weighted by Crippen LogP contribution is -2.41. The fourth-order valence-corrected chi connectivity index (χ4v) is 5.76. The van der Waals surface area contributed by atoms with E-state index >= 15 is 0 Å². The van der Waals surface area contributed by atoms with Gasteiger partial charge in [0.2, 0.25) is 0 Å². The number of hydrogen-bond acceptors (Lipinski definition) is 7. The van der Waals surface area contributed by atoms with Crippen molar-refractivity contribution in [3.05, 3.63) is 76.5 Å². The summed E-state index contributed by atoms with van der Waals surface area (Å²) in [7, 11) is 1.51. The number of aromatic nitrogens is 1. The van der Waals surface area contributed by atoms with Gasteiger partial charge in [-0.1, -0.05) is 13.0 Å². The molecular weight excluding hydrogens is 642 g/mol. The van der Waals surface area contributed by atoms with Crippen molar-refractivity contribution >= 4 is 17.7 Å². The summed E-state index contributed by atoms with van der Waals surface area (Å²) in [6.07, 6.45) is -10.1. The van der Waals surface area contributed by atoms with Gasteiger partial charge in [-0.15, -0.1) is 0 Å². The summed E-state index contributed by atoms with van der Waals surface area (Å²) >= 11 is 0. The molecule has 1 fully saturated rings. The zero-order valence-corrected chi connectivity index (χ0v) is 26.7. The summed E-state index contributed by atoms with van der Waals surface area (Å²) in [5, 5.41) is 10.4. The highest BCUT2D eigenvalue weighted by molar-refractivity contribution is 5.86. The summed E-state index contributed by atoms with van der Waals surface area (Å²) in [5.74, 6) is 0.796. The molecule has 48 heavy (non-hydrogen) atoms. The lowest BCUT2D eigenvalue weighted by molar-refractivity contribution is -0.143. The Kier molecular flexibility index (Phi) is 9.81. The summed E-state index contributed by atoms with van der Waals surface area (Å²) in [6.45, 7) is 5.99. The number of nitrogens with one attached hydrogen (secondary N) is 2. The van der Waals surface area contributed by atoms with E-state index in [1.54, 1.807) is 6.07 Å². The van der Waals surface area contributed by atoms with Crippen LogP contribution in [0.5, 0.6) is 5.75 Å². The second kappa shape index (κ2) is 13.5. The van der Waals surface area contributed by atoms with Gasteiger partial charge in [0.25, 0.3) is 0 Å². The maximum absolute atomic E-state index is 13.6. The zero-order chi connectivity index (χ0) is 35.0. The van der Waals surface area contributed by atoms with E-state index in [1.165, 1.54) is 21.0 Å². The van der Waals surface area contributed by atoms with E-state index in [0.717, 1.165) is 35.8 Å². The first-order chi connectivity index (χ1) is 22.5. The maximum Gasteiger partial charge on any atom is 0.416 e. The Balaban J connectivity index is 1.54. The molecule has 1 unspecified atom stereocenters. The van der Waals surface area contributed by atoms with Gasteiger partial charge in [-0.3, -0.25) is 9.89 Å². The summed E-state index contributed by atoms with van der Waals surface area (Å²) in [5.41, 5.74) is 5.26. The topological polar surface area (TPSA) is 102 Å². The highest BCUT2D eigenvalue weighted by Gasteiger charge is 2.38. The lowest BCUT2D eigenvalue weighted by Gasteiger charge is -2.34. The van der Waals surface area contributed by atoms with Crippen LogP contribution < -0.4 is 20.5 Å². The number of halogens is 6. The van der Waals surface area contributed by atoms with E-state index in [4.69, 9.17) is 9.72 Å². The molecule has 258 valence electrons. The second-order valence-corrected chi connectivity index (χ2v) is 12.0. The van der Waals surface area contributed by atoms with Crippen LogP contribution in [0.25, 0.3) is 11.1 Å². The number of hydrazine groups is 1. The number of pyridine rings is 1. The Morgan fingerprint density at radius 2 is 1.69 bits per heavy atom. The molecule has 0 bridgehead atoms. The standard InChI is InChI=1S/C33H36F6N6O3/c1-18(22-14-23(32(34,35)36)16-24(15-22)33(37,38)39)19(2)45(31(46)47)17-27-25(7-9-30(41-27)44-10-5-11-44)26-12-21(6-8-28(26)48-4)13-29-40-20(3)42-43-29/h6-9,12,14-16,18-20,42H,5,10-11,13,17H2,1-4H3,(H,40,43)(H,46,47)/t18-,19-,20?/m0/s1. The van der Waals surface area contributed by atoms with Gasteiger partial charge in [0.1, 0.15) is 23.6 Å². The molecular formula is C33H36F6N6O3. The first kappa shape index (κ1) is 34.8. The monoisotopic (exact) mass is 678 g/mol. The third-order valence-electron chi connectivity index (χ3n) is 8.76. The van der Waals surface area contributed by atoms with Crippen LogP contribution in [0.1, 0.15) is 61.1 Å². The number of nitrogens with zero attached hydrogens (tertiary/aromatic N) is 4. The van der Waals surface area contributed by atoms with E-state index in [2.05, 4.69) is 15.8 Å². The predicted octanol–water partition coefficient (Wildman–Crippen LogP) is 7.07. The molecule has 15 heteroatoms. The van der Waals surface area contributed by atoms with Gasteiger partial charge < -0.3 is 20.2 Å². The molecule has 0 aliphatic carbocycles. The molecule has 1 aromatic heterocycles. The lowest BCUT2D eigenvalue weighted by atomic mass is 9.90. The number of hydrogen-bond donors (Lipinski definition) is 3. The van der Waals surface area contributed by atoms with Gasteiger partial charge in [-0.25, -0.2) is 15.2 Å². The van der Waals surface area contributed by atoms with Crippen molar-refractivity contribution in [2.45, 2.75) is 70.6 Å². The highest BCUT2D eigenvalue weighted by Crippen LogP contribution is 2.40. The molecule has 5 rings (SSSR count). The van der Waals surface area contributed by atoms with Gasteiger partial charge in [0.15, 0.2) is 0 Å². The molecule has 3 atom stereocenters. The van der Waals surface area contributed by atoms with Crippen molar-refractivity contribution in [3.8, 4) is 16.9 Å². The molecule has 0 saturated carbocycles. The van der Waals surface area contributed by atoms with Crippen LogP contribution in [-0.2, 0) is 25.3 Å². The number of benzene rings is 2. The second-order valence-electron chi connectivity index (χ2n) is 12.0. The predicted molar refractivity (Wildman–Crippen MR) is 168 cm³/mol. The number of aliphatic imine (C=N–C) groups is 1. The highest BCUT2D eigenvalue weighted by atomic mass is 19.4. The Labute approximate surface area is 273 Å². The van der Waals surface area contributed by atoms with E-state index in [1.807, 2.05) is 36.1 Å².